The number of halogens is 4. The molecule has 2 aliphatic heterocycles. The summed E-state index contributed by atoms with van der Waals surface area (Å²) in [5.74, 6) is -0.652. The van der Waals surface area contributed by atoms with E-state index in [-0.39, 0.29) is 35.6 Å². The molecule has 0 spiro atoms. The number of anilines is 1. The fourth-order valence-corrected chi connectivity index (χ4v) is 3.28. The molecule has 2 fully saturated rings. The fraction of sp³-hybridized carbons (Fsp3) is 0.529. The van der Waals surface area contributed by atoms with E-state index in [4.69, 9.17) is 0 Å². The van der Waals surface area contributed by atoms with Gasteiger partial charge in [-0.15, -0.1) is 12.4 Å². The van der Waals surface area contributed by atoms with Crippen LogP contribution < -0.4 is 10.2 Å². The molecule has 26 heavy (non-hydrogen) atoms. The zero-order valence-electron chi connectivity index (χ0n) is 14.3. The normalized spacial score (nSPS) is 20.9. The van der Waals surface area contributed by atoms with E-state index in [1.54, 1.807) is 4.90 Å². The van der Waals surface area contributed by atoms with Gasteiger partial charge in [-0.05, 0) is 31.5 Å². The SMILES string of the molecule is C[C@H]1CNCCN1C(=O)c1cc(N2CCCC2=O)cc(C(F)(F)F)c1.Cl. The minimum Gasteiger partial charge on any atom is -0.333 e. The van der Waals surface area contributed by atoms with E-state index in [9.17, 15) is 22.8 Å². The summed E-state index contributed by atoms with van der Waals surface area (Å²) in [7, 11) is 0. The van der Waals surface area contributed by atoms with Crippen molar-refractivity contribution in [3.8, 4) is 0 Å². The molecule has 1 N–H and O–H groups in total. The number of carbonyl (C=O) groups excluding carboxylic acids is 2. The molecule has 0 unspecified atom stereocenters. The molecule has 0 aliphatic carbocycles. The average Bonchev–Trinajstić information content (AvgIpc) is 2.99. The fourth-order valence-electron chi connectivity index (χ4n) is 3.28. The minimum absolute atomic E-state index is 0. The van der Waals surface area contributed by atoms with Gasteiger partial charge in [0.25, 0.3) is 5.91 Å². The first-order valence-electron chi connectivity index (χ1n) is 8.31. The van der Waals surface area contributed by atoms with Crippen molar-refractivity contribution in [3.05, 3.63) is 29.3 Å². The van der Waals surface area contributed by atoms with E-state index in [2.05, 4.69) is 5.32 Å². The smallest absolute Gasteiger partial charge is 0.333 e. The number of piperazine rings is 1. The Morgan fingerprint density at radius 2 is 1.96 bits per heavy atom. The van der Waals surface area contributed by atoms with Crippen LogP contribution in [0.1, 0.15) is 35.7 Å². The summed E-state index contributed by atoms with van der Waals surface area (Å²) in [6.45, 7) is 3.86. The molecule has 0 aromatic heterocycles. The molecular weight excluding hydrogens is 371 g/mol. The number of benzene rings is 1. The lowest BCUT2D eigenvalue weighted by Gasteiger charge is -2.34. The highest BCUT2D eigenvalue weighted by Gasteiger charge is 2.34. The maximum absolute atomic E-state index is 13.3. The molecule has 9 heteroatoms. The van der Waals surface area contributed by atoms with Gasteiger partial charge in [0.15, 0.2) is 0 Å². The summed E-state index contributed by atoms with van der Waals surface area (Å²) in [5.41, 5.74) is -0.794. The molecule has 2 amide bonds. The number of rotatable bonds is 2. The van der Waals surface area contributed by atoms with E-state index in [1.165, 1.54) is 11.0 Å². The summed E-state index contributed by atoms with van der Waals surface area (Å²) in [5, 5.41) is 3.14. The summed E-state index contributed by atoms with van der Waals surface area (Å²) in [4.78, 5) is 27.6. The van der Waals surface area contributed by atoms with Crippen molar-refractivity contribution >= 4 is 29.9 Å². The Balaban J connectivity index is 0.00000243. The zero-order valence-corrected chi connectivity index (χ0v) is 15.1. The van der Waals surface area contributed by atoms with Crippen LogP contribution in [0.15, 0.2) is 18.2 Å². The number of alkyl halides is 3. The van der Waals surface area contributed by atoms with Gasteiger partial charge >= 0.3 is 6.18 Å². The number of nitrogens with one attached hydrogen (secondary N) is 1. The second kappa shape index (κ2) is 7.84. The van der Waals surface area contributed by atoms with Crippen molar-refractivity contribution in [2.75, 3.05) is 31.1 Å². The van der Waals surface area contributed by atoms with Crippen LogP contribution in [-0.2, 0) is 11.0 Å². The van der Waals surface area contributed by atoms with Gasteiger partial charge in [0.2, 0.25) is 5.91 Å². The first-order valence-corrected chi connectivity index (χ1v) is 8.31. The lowest BCUT2D eigenvalue weighted by atomic mass is 10.1. The molecule has 0 radical (unpaired) electrons. The maximum atomic E-state index is 13.3. The first kappa shape index (κ1) is 20.5. The quantitative estimate of drug-likeness (QED) is 0.843. The van der Waals surface area contributed by atoms with Gasteiger partial charge in [-0.2, -0.15) is 13.2 Å². The molecule has 0 saturated carbocycles. The molecule has 0 bridgehead atoms. The molecule has 2 heterocycles. The molecule has 5 nitrogen and oxygen atoms in total. The van der Waals surface area contributed by atoms with Gasteiger partial charge in [-0.25, -0.2) is 0 Å². The highest BCUT2D eigenvalue weighted by molar-refractivity contribution is 5.99. The van der Waals surface area contributed by atoms with Crippen molar-refractivity contribution in [1.29, 1.82) is 0 Å². The Kier molecular flexibility index (Phi) is 6.18. The van der Waals surface area contributed by atoms with Gasteiger partial charge in [0, 0.05) is 49.9 Å². The van der Waals surface area contributed by atoms with Crippen LogP contribution >= 0.6 is 12.4 Å². The molecular formula is C17H21ClF3N3O2. The maximum Gasteiger partial charge on any atom is 0.416 e. The molecule has 2 saturated heterocycles. The Labute approximate surface area is 155 Å². The number of hydrogen-bond donors (Lipinski definition) is 1. The first-order chi connectivity index (χ1) is 11.8. The van der Waals surface area contributed by atoms with Crippen molar-refractivity contribution in [1.82, 2.24) is 10.2 Å². The summed E-state index contributed by atoms with van der Waals surface area (Å²) >= 11 is 0. The summed E-state index contributed by atoms with van der Waals surface area (Å²) < 4.78 is 39.8. The van der Waals surface area contributed by atoms with E-state index >= 15 is 0 Å². The van der Waals surface area contributed by atoms with E-state index in [0.717, 1.165) is 12.1 Å². The van der Waals surface area contributed by atoms with Gasteiger partial charge in [-0.1, -0.05) is 0 Å². The number of hydrogen-bond acceptors (Lipinski definition) is 3. The highest BCUT2D eigenvalue weighted by Crippen LogP contribution is 2.34. The molecule has 1 aromatic carbocycles. The molecule has 1 aromatic rings. The Hall–Kier alpha value is -1.80. The van der Waals surface area contributed by atoms with E-state index in [0.29, 0.717) is 39.0 Å². The standard InChI is InChI=1S/C17H20F3N3O2.ClH/c1-11-10-21-4-6-22(11)16(25)12-7-13(17(18,19)20)9-14(8-12)23-5-2-3-15(23)24;/h7-9,11,21H,2-6,10H2,1H3;1H/t11-;/m0./s1. The lowest BCUT2D eigenvalue weighted by Crippen LogP contribution is -2.52. The lowest BCUT2D eigenvalue weighted by molar-refractivity contribution is -0.137. The predicted molar refractivity (Wildman–Crippen MR) is 93.6 cm³/mol. The Bertz CT molecular complexity index is 696. The largest absolute Gasteiger partial charge is 0.416 e. The van der Waals surface area contributed by atoms with Crippen LogP contribution in [0, 0.1) is 0 Å². The highest BCUT2D eigenvalue weighted by atomic mass is 35.5. The Morgan fingerprint density at radius 1 is 1.23 bits per heavy atom. The van der Waals surface area contributed by atoms with E-state index < -0.39 is 17.6 Å². The van der Waals surface area contributed by atoms with Gasteiger partial charge in [0.05, 0.1) is 5.56 Å². The molecule has 3 rings (SSSR count). The third-order valence-corrected chi connectivity index (χ3v) is 4.64. The Morgan fingerprint density at radius 3 is 2.54 bits per heavy atom. The van der Waals surface area contributed by atoms with Gasteiger partial charge in [0.1, 0.15) is 0 Å². The van der Waals surface area contributed by atoms with Crippen molar-refractivity contribution in [2.45, 2.75) is 32.0 Å². The number of carbonyl (C=O) groups is 2. The van der Waals surface area contributed by atoms with Gasteiger partial charge < -0.3 is 15.1 Å². The second-order valence-electron chi connectivity index (χ2n) is 6.47. The van der Waals surface area contributed by atoms with Crippen LogP contribution in [0.4, 0.5) is 18.9 Å². The van der Waals surface area contributed by atoms with E-state index in [1.807, 2.05) is 6.92 Å². The van der Waals surface area contributed by atoms with Crippen LogP contribution in [0.2, 0.25) is 0 Å². The van der Waals surface area contributed by atoms with Crippen LogP contribution in [-0.4, -0.2) is 48.9 Å². The third kappa shape index (κ3) is 4.12. The second-order valence-corrected chi connectivity index (χ2v) is 6.47. The predicted octanol–water partition coefficient (Wildman–Crippen LogP) is 2.69. The summed E-state index contributed by atoms with van der Waals surface area (Å²) in [6, 6.07) is 3.12. The van der Waals surface area contributed by atoms with Crippen LogP contribution in [0.5, 0.6) is 0 Å². The monoisotopic (exact) mass is 391 g/mol. The zero-order chi connectivity index (χ0) is 18.2. The molecule has 2 aliphatic rings. The number of amides is 2. The van der Waals surface area contributed by atoms with Crippen LogP contribution in [0.25, 0.3) is 0 Å². The summed E-state index contributed by atoms with van der Waals surface area (Å²) in [6.07, 6.45) is -3.66. The van der Waals surface area contributed by atoms with Crippen LogP contribution in [0.3, 0.4) is 0 Å². The van der Waals surface area contributed by atoms with Gasteiger partial charge in [-0.3, -0.25) is 9.59 Å². The third-order valence-electron chi connectivity index (χ3n) is 4.64. The molecule has 144 valence electrons. The minimum atomic E-state index is -4.58. The van der Waals surface area contributed by atoms with Crippen molar-refractivity contribution < 1.29 is 22.8 Å². The molecule has 1 atom stereocenters. The number of nitrogens with zero attached hydrogens (tertiary/aromatic N) is 2. The van der Waals surface area contributed by atoms with Crippen molar-refractivity contribution in [2.24, 2.45) is 0 Å². The average molecular weight is 392 g/mol. The van der Waals surface area contributed by atoms with Crippen molar-refractivity contribution in [3.63, 3.8) is 0 Å². The topological polar surface area (TPSA) is 52.7 Å².